The Morgan fingerprint density at radius 3 is 2.84 bits per heavy atom. The second-order valence-electron chi connectivity index (χ2n) is 7.60. The van der Waals surface area contributed by atoms with E-state index in [2.05, 4.69) is 34.0 Å². The zero-order chi connectivity index (χ0) is 17.4. The number of hydrogen-bond donors (Lipinski definition) is 0. The molecule has 3 heterocycles. The van der Waals surface area contributed by atoms with Crippen LogP contribution < -0.4 is 5.56 Å². The molecule has 0 saturated carbocycles. The summed E-state index contributed by atoms with van der Waals surface area (Å²) in [6.45, 7) is 7.36. The molecule has 1 aliphatic heterocycles. The van der Waals surface area contributed by atoms with Crippen molar-refractivity contribution >= 4 is 0 Å². The van der Waals surface area contributed by atoms with Crippen LogP contribution in [-0.4, -0.2) is 37.9 Å². The highest BCUT2D eigenvalue weighted by molar-refractivity contribution is 5.20. The molecule has 25 heavy (non-hydrogen) atoms. The normalized spacial score (nSPS) is 18.4. The van der Waals surface area contributed by atoms with Crippen LogP contribution in [0.25, 0.3) is 0 Å². The zero-order valence-electron chi connectivity index (χ0n) is 14.9. The predicted octanol–water partition coefficient (Wildman–Crippen LogP) is 1.76. The number of nitrogens with zero attached hydrogens (tertiary/aromatic N) is 5. The maximum absolute atomic E-state index is 12.3. The molecule has 2 aromatic rings. The topological polar surface area (TPSA) is 77.0 Å². The number of likely N-dealkylation sites (tertiary alicyclic amines) is 1. The molecular formula is C18H25N5O2. The minimum Gasteiger partial charge on any atom is -0.338 e. The number of aryl methyl sites for hydroxylation is 2. The van der Waals surface area contributed by atoms with Crippen LogP contribution >= 0.6 is 0 Å². The largest absolute Gasteiger partial charge is 0.338 e. The Morgan fingerprint density at radius 2 is 2.08 bits per heavy atom. The van der Waals surface area contributed by atoms with E-state index in [0.29, 0.717) is 24.9 Å². The molecule has 1 aliphatic carbocycles. The molecule has 0 spiro atoms. The third-order valence-corrected chi connectivity index (χ3v) is 5.10. The highest BCUT2D eigenvalue weighted by atomic mass is 16.5. The molecule has 0 radical (unpaired) electrons. The van der Waals surface area contributed by atoms with E-state index in [1.807, 2.05) is 0 Å². The van der Waals surface area contributed by atoms with Gasteiger partial charge >= 0.3 is 0 Å². The fourth-order valence-electron chi connectivity index (χ4n) is 3.66. The van der Waals surface area contributed by atoms with Gasteiger partial charge in [-0.2, -0.15) is 10.1 Å². The first kappa shape index (κ1) is 16.4. The number of aromatic nitrogens is 4. The van der Waals surface area contributed by atoms with Crippen molar-refractivity contribution in [1.82, 2.24) is 24.8 Å². The molecule has 1 fully saturated rings. The van der Waals surface area contributed by atoms with Crippen LogP contribution in [0.15, 0.2) is 15.4 Å². The zero-order valence-corrected chi connectivity index (χ0v) is 14.9. The third kappa shape index (κ3) is 3.51. The van der Waals surface area contributed by atoms with Gasteiger partial charge < -0.3 is 4.52 Å². The molecular weight excluding hydrogens is 318 g/mol. The fourth-order valence-corrected chi connectivity index (χ4v) is 3.66. The molecule has 1 saturated heterocycles. The van der Waals surface area contributed by atoms with Crippen molar-refractivity contribution < 1.29 is 4.52 Å². The van der Waals surface area contributed by atoms with E-state index in [0.717, 1.165) is 43.0 Å². The van der Waals surface area contributed by atoms with Gasteiger partial charge in [-0.1, -0.05) is 19.0 Å². The van der Waals surface area contributed by atoms with E-state index in [1.54, 1.807) is 10.7 Å². The lowest BCUT2D eigenvalue weighted by Crippen LogP contribution is -2.49. The number of fused-ring (bicyclic) bond motifs is 1. The van der Waals surface area contributed by atoms with Gasteiger partial charge in [0.15, 0.2) is 5.82 Å². The van der Waals surface area contributed by atoms with Crippen LogP contribution in [0.2, 0.25) is 0 Å². The average Bonchev–Trinajstić information content (AvgIpc) is 3.02. The van der Waals surface area contributed by atoms with Crippen molar-refractivity contribution in [2.75, 3.05) is 13.1 Å². The minimum atomic E-state index is 0.0394. The maximum Gasteiger partial charge on any atom is 0.267 e. The molecule has 0 amide bonds. The van der Waals surface area contributed by atoms with Crippen molar-refractivity contribution in [3.63, 3.8) is 0 Å². The van der Waals surface area contributed by atoms with Crippen LogP contribution in [0, 0.1) is 5.92 Å². The summed E-state index contributed by atoms with van der Waals surface area (Å²) in [6, 6.07) is 1.80. The molecule has 2 aliphatic rings. The van der Waals surface area contributed by atoms with Gasteiger partial charge in [0.25, 0.3) is 5.56 Å². The molecule has 0 N–H and O–H groups in total. The first-order valence-corrected chi connectivity index (χ1v) is 9.23. The van der Waals surface area contributed by atoms with E-state index in [1.165, 1.54) is 12.8 Å². The Hall–Kier alpha value is -2.02. The SMILES string of the molecule is CC(C)c1noc(CN2CC(Cn3nc4c(cc3=O)CCCC4)C2)n1. The Balaban J connectivity index is 1.33. The van der Waals surface area contributed by atoms with Gasteiger partial charge in [-0.25, -0.2) is 4.68 Å². The van der Waals surface area contributed by atoms with Gasteiger partial charge in [0.1, 0.15) is 0 Å². The molecule has 4 rings (SSSR count). The molecule has 0 bridgehead atoms. The van der Waals surface area contributed by atoms with Gasteiger partial charge in [0.05, 0.1) is 18.8 Å². The third-order valence-electron chi connectivity index (χ3n) is 5.10. The summed E-state index contributed by atoms with van der Waals surface area (Å²) in [5, 5.41) is 8.61. The maximum atomic E-state index is 12.3. The monoisotopic (exact) mass is 343 g/mol. The van der Waals surface area contributed by atoms with Crippen LogP contribution in [-0.2, 0) is 25.9 Å². The van der Waals surface area contributed by atoms with E-state index >= 15 is 0 Å². The molecule has 2 aromatic heterocycles. The van der Waals surface area contributed by atoms with Crippen molar-refractivity contribution in [1.29, 1.82) is 0 Å². The van der Waals surface area contributed by atoms with E-state index in [-0.39, 0.29) is 11.5 Å². The first-order valence-electron chi connectivity index (χ1n) is 9.23. The van der Waals surface area contributed by atoms with Crippen LogP contribution in [0.1, 0.15) is 55.6 Å². The molecule has 7 nitrogen and oxygen atoms in total. The Kier molecular flexibility index (Phi) is 4.41. The second kappa shape index (κ2) is 6.71. The molecule has 7 heteroatoms. The van der Waals surface area contributed by atoms with Crippen molar-refractivity contribution in [3.8, 4) is 0 Å². The molecule has 0 unspecified atom stereocenters. The highest BCUT2D eigenvalue weighted by Gasteiger charge is 2.29. The van der Waals surface area contributed by atoms with E-state index < -0.39 is 0 Å². The second-order valence-corrected chi connectivity index (χ2v) is 7.60. The van der Waals surface area contributed by atoms with Crippen LogP contribution in [0.3, 0.4) is 0 Å². The van der Waals surface area contributed by atoms with E-state index in [4.69, 9.17) is 4.52 Å². The summed E-state index contributed by atoms with van der Waals surface area (Å²) in [5.74, 6) is 2.17. The first-order chi connectivity index (χ1) is 12.1. The van der Waals surface area contributed by atoms with Gasteiger partial charge in [-0.05, 0) is 31.2 Å². The highest BCUT2D eigenvalue weighted by Crippen LogP contribution is 2.21. The summed E-state index contributed by atoms with van der Waals surface area (Å²) in [4.78, 5) is 18.9. The lowest BCUT2D eigenvalue weighted by Gasteiger charge is -2.38. The number of rotatable bonds is 5. The van der Waals surface area contributed by atoms with Gasteiger partial charge in [0, 0.05) is 31.0 Å². The van der Waals surface area contributed by atoms with Crippen LogP contribution in [0.4, 0.5) is 0 Å². The molecule has 0 atom stereocenters. The van der Waals surface area contributed by atoms with Crippen molar-refractivity contribution in [2.24, 2.45) is 5.92 Å². The summed E-state index contributed by atoms with van der Waals surface area (Å²) in [6.07, 6.45) is 4.35. The standard InChI is InChI=1S/C18H25N5O2/c1-12(2)18-19-16(25-21-18)11-22-8-13(9-22)10-23-17(24)7-14-5-3-4-6-15(14)20-23/h7,12-13H,3-6,8-11H2,1-2H3. The number of hydrogen-bond acceptors (Lipinski definition) is 6. The molecule has 134 valence electrons. The summed E-state index contributed by atoms with van der Waals surface area (Å²) < 4.78 is 6.96. The predicted molar refractivity (Wildman–Crippen MR) is 92.3 cm³/mol. The van der Waals surface area contributed by atoms with Crippen molar-refractivity contribution in [2.45, 2.75) is 58.5 Å². The van der Waals surface area contributed by atoms with Gasteiger partial charge in [-0.15, -0.1) is 0 Å². The smallest absolute Gasteiger partial charge is 0.267 e. The Bertz CT molecular complexity index is 804. The van der Waals surface area contributed by atoms with Crippen LogP contribution in [0.5, 0.6) is 0 Å². The minimum absolute atomic E-state index is 0.0394. The van der Waals surface area contributed by atoms with Gasteiger partial charge in [0.2, 0.25) is 5.89 Å². The Labute approximate surface area is 147 Å². The summed E-state index contributed by atoms with van der Waals surface area (Å²) in [7, 11) is 0. The molecule has 0 aromatic carbocycles. The lowest BCUT2D eigenvalue weighted by atomic mass is 9.96. The van der Waals surface area contributed by atoms with Crippen molar-refractivity contribution in [3.05, 3.63) is 39.4 Å². The summed E-state index contributed by atoms with van der Waals surface area (Å²) >= 11 is 0. The lowest BCUT2D eigenvalue weighted by molar-refractivity contribution is 0.0657. The van der Waals surface area contributed by atoms with E-state index in [9.17, 15) is 4.79 Å². The fraction of sp³-hybridized carbons (Fsp3) is 0.667. The van der Waals surface area contributed by atoms with Gasteiger partial charge in [-0.3, -0.25) is 9.69 Å². The quantitative estimate of drug-likeness (QED) is 0.823. The average molecular weight is 343 g/mol. The Morgan fingerprint density at radius 1 is 1.28 bits per heavy atom. The summed E-state index contributed by atoms with van der Waals surface area (Å²) in [5.41, 5.74) is 2.31.